The number of likely N-dealkylation sites (tertiary alicyclic amines) is 1. The van der Waals surface area contributed by atoms with Crippen molar-refractivity contribution >= 4 is 51.4 Å². The molecule has 1 aromatic carbocycles. The number of aliphatic imine (C=N–C) groups is 1. The molecule has 1 fully saturated rings. The first kappa shape index (κ1) is 20.1. The van der Waals surface area contributed by atoms with Crippen LogP contribution in [0, 0.1) is 0 Å². The van der Waals surface area contributed by atoms with Crippen LogP contribution in [0.25, 0.3) is 10.1 Å². The van der Waals surface area contributed by atoms with Crippen molar-refractivity contribution in [1.82, 2.24) is 20.0 Å². The van der Waals surface area contributed by atoms with Gasteiger partial charge in [-0.2, -0.15) is 5.10 Å². The molecule has 1 aliphatic rings. The van der Waals surface area contributed by atoms with Crippen LogP contribution in [-0.4, -0.2) is 47.3 Å². The first-order chi connectivity index (χ1) is 12.7. The summed E-state index contributed by atoms with van der Waals surface area (Å²) in [6.07, 6.45) is 6.29. The Bertz CT molecular complexity index is 916. The zero-order valence-electron chi connectivity index (χ0n) is 15.8. The average molecular weight is 495 g/mol. The summed E-state index contributed by atoms with van der Waals surface area (Å²) >= 11 is 1.83. The SMILES string of the molecule is CN=C(NCCc1csc2ccccc12)N1CCC(c2cnn(C)c2)C1.I. The Morgan fingerprint density at radius 2 is 2.22 bits per heavy atom. The smallest absolute Gasteiger partial charge is 0.193 e. The molecule has 0 amide bonds. The summed E-state index contributed by atoms with van der Waals surface area (Å²) in [4.78, 5) is 6.86. The summed E-state index contributed by atoms with van der Waals surface area (Å²) in [5, 5.41) is 11.5. The molecule has 0 radical (unpaired) electrons. The summed E-state index contributed by atoms with van der Waals surface area (Å²) in [6, 6.07) is 8.64. The molecule has 0 aliphatic carbocycles. The molecule has 0 spiro atoms. The Morgan fingerprint density at radius 3 is 3.00 bits per heavy atom. The number of aromatic nitrogens is 2. The zero-order chi connectivity index (χ0) is 17.9. The maximum absolute atomic E-state index is 4.50. The van der Waals surface area contributed by atoms with Crippen LogP contribution >= 0.6 is 35.3 Å². The average Bonchev–Trinajstić information content (AvgIpc) is 3.38. The molecule has 7 heteroatoms. The molecule has 27 heavy (non-hydrogen) atoms. The molecule has 1 N–H and O–H groups in total. The maximum Gasteiger partial charge on any atom is 0.193 e. The highest BCUT2D eigenvalue weighted by Gasteiger charge is 2.26. The van der Waals surface area contributed by atoms with Gasteiger partial charge in [-0.15, -0.1) is 35.3 Å². The third-order valence-corrected chi connectivity index (χ3v) is 6.15. The molecule has 1 aliphatic heterocycles. The molecule has 5 nitrogen and oxygen atoms in total. The van der Waals surface area contributed by atoms with Crippen LogP contribution in [0.15, 0.2) is 47.0 Å². The lowest BCUT2D eigenvalue weighted by Gasteiger charge is -2.21. The topological polar surface area (TPSA) is 45.5 Å². The summed E-state index contributed by atoms with van der Waals surface area (Å²) in [6.45, 7) is 2.95. The van der Waals surface area contributed by atoms with Crippen molar-refractivity contribution in [3.8, 4) is 0 Å². The summed E-state index contributed by atoms with van der Waals surface area (Å²) in [7, 11) is 3.85. The highest BCUT2D eigenvalue weighted by molar-refractivity contribution is 14.0. The second kappa shape index (κ2) is 9.05. The van der Waals surface area contributed by atoms with Crippen LogP contribution in [0.3, 0.4) is 0 Å². The predicted molar refractivity (Wildman–Crippen MR) is 124 cm³/mol. The number of nitrogens with one attached hydrogen (secondary N) is 1. The second-order valence-electron chi connectivity index (χ2n) is 6.86. The largest absolute Gasteiger partial charge is 0.356 e. The fourth-order valence-corrected chi connectivity index (χ4v) is 4.74. The van der Waals surface area contributed by atoms with Gasteiger partial charge >= 0.3 is 0 Å². The van der Waals surface area contributed by atoms with E-state index in [2.05, 4.69) is 56.2 Å². The molecular formula is C20H26IN5S. The number of hydrogen-bond donors (Lipinski definition) is 1. The molecule has 0 saturated carbocycles. The van der Waals surface area contributed by atoms with E-state index >= 15 is 0 Å². The summed E-state index contributed by atoms with van der Waals surface area (Å²) in [5.41, 5.74) is 2.75. The standard InChI is InChI=1S/C20H25N5S.HI/c1-21-20(25-10-8-15(13-25)17-11-23-24(2)12-17)22-9-7-16-14-26-19-6-4-3-5-18(16)19;/h3-6,11-12,14-15H,7-10,13H2,1-2H3,(H,21,22);1H. The van der Waals surface area contributed by atoms with Crippen LogP contribution in [0.2, 0.25) is 0 Å². The van der Waals surface area contributed by atoms with Gasteiger partial charge in [0.25, 0.3) is 0 Å². The monoisotopic (exact) mass is 495 g/mol. The predicted octanol–water partition coefficient (Wildman–Crippen LogP) is 3.86. The highest BCUT2D eigenvalue weighted by Crippen LogP contribution is 2.27. The van der Waals surface area contributed by atoms with Gasteiger partial charge in [-0.1, -0.05) is 18.2 Å². The molecule has 4 rings (SSSR count). The van der Waals surface area contributed by atoms with Gasteiger partial charge in [0, 0.05) is 50.5 Å². The number of aryl methyl sites for hydroxylation is 1. The molecule has 0 bridgehead atoms. The summed E-state index contributed by atoms with van der Waals surface area (Å²) in [5.74, 6) is 1.55. The van der Waals surface area contributed by atoms with E-state index in [0.717, 1.165) is 38.4 Å². The number of rotatable bonds is 4. The fourth-order valence-electron chi connectivity index (χ4n) is 3.74. The Kier molecular flexibility index (Phi) is 6.75. The minimum Gasteiger partial charge on any atom is -0.356 e. The van der Waals surface area contributed by atoms with Crippen molar-refractivity contribution in [2.75, 3.05) is 26.7 Å². The van der Waals surface area contributed by atoms with Crippen molar-refractivity contribution in [1.29, 1.82) is 0 Å². The van der Waals surface area contributed by atoms with Gasteiger partial charge in [0.1, 0.15) is 0 Å². The van der Waals surface area contributed by atoms with Crippen LogP contribution < -0.4 is 5.32 Å². The molecule has 1 atom stereocenters. The number of fused-ring (bicyclic) bond motifs is 1. The number of hydrogen-bond acceptors (Lipinski definition) is 3. The zero-order valence-corrected chi connectivity index (χ0v) is 18.9. The highest BCUT2D eigenvalue weighted by atomic mass is 127. The van der Waals surface area contributed by atoms with Crippen molar-refractivity contribution in [2.24, 2.45) is 12.0 Å². The van der Waals surface area contributed by atoms with Crippen LogP contribution in [-0.2, 0) is 13.5 Å². The first-order valence-electron chi connectivity index (χ1n) is 9.14. The Balaban J connectivity index is 0.00000210. The molecule has 3 aromatic rings. The number of benzene rings is 1. The van der Waals surface area contributed by atoms with Gasteiger partial charge in [0.2, 0.25) is 0 Å². The van der Waals surface area contributed by atoms with E-state index in [4.69, 9.17) is 0 Å². The minimum atomic E-state index is 0. The number of thiophene rings is 1. The maximum atomic E-state index is 4.50. The first-order valence-corrected chi connectivity index (χ1v) is 10.0. The normalized spacial score (nSPS) is 17.3. The Hall–Kier alpha value is -1.61. The van der Waals surface area contributed by atoms with E-state index in [1.807, 2.05) is 36.3 Å². The molecular weight excluding hydrogens is 469 g/mol. The fraction of sp³-hybridized carbons (Fsp3) is 0.400. The van der Waals surface area contributed by atoms with Gasteiger partial charge in [-0.05, 0) is 40.8 Å². The lowest BCUT2D eigenvalue weighted by Crippen LogP contribution is -2.40. The van der Waals surface area contributed by atoms with E-state index < -0.39 is 0 Å². The van der Waals surface area contributed by atoms with E-state index in [1.165, 1.54) is 21.2 Å². The lowest BCUT2D eigenvalue weighted by atomic mass is 10.0. The van der Waals surface area contributed by atoms with E-state index in [0.29, 0.717) is 5.92 Å². The van der Waals surface area contributed by atoms with Crippen LogP contribution in [0.5, 0.6) is 0 Å². The summed E-state index contributed by atoms with van der Waals surface area (Å²) < 4.78 is 3.25. The molecule has 1 unspecified atom stereocenters. The molecule has 2 aromatic heterocycles. The number of guanidine groups is 1. The molecule has 1 saturated heterocycles. The second-order valence-corrected chi connectivity index (χ2v) is 7.77. The van der Waals surface area contributed by atoms with Crippen LogP contribution in [0.4, 0.5) is 0 Å². The van der Waals surface area contributed by atoms with Crippen molar-refractivity contribution in [3.05, 3.63) is 53.2 Å². The van der Waals surface area contributed by atoms with E-state index in [-0.39, 0.29) is 24.0 Å². The molecule has 3 heterocycles. The van der Waals surface area contributed by atoms with Crippen molar-refractivity contribution in [2.45, 2.75) is 18.8 Å². The van der Waals surface area contributed by atoms with Gasteiger partial charge in [0.05, 0.1) is 6.20 Å². The third kappa shape index (κ3) is 4.45. The van der Waals surface area contributed by atoms with Crippen molar-refractivity contribution < 1.29 is 0 Å². The number of halogens is 1. The van der Waals surface area contributed by atoms with Gasteiger partial charge < -0.3 is 10.2 Å². The van der Waals surface area contributed by atoms with E-state index in [9.17, 15) is 0 Å². The Morgan fingerprint density at radius 1 is 1.37 bits per heavy atom. The Labute approximate surface area is 181 Å². The third-order valence-electron chi connectivity index (χ3n) is 5.13. The van der Waals surface area contributed by atoms with Crippen molar-refractivity contribution in [3.63, 3.8) is 0 Å². The quantitative estimate of drug-likeness (QED) is 0.340. The lowest BCUT2D eigenvalue weighted by molar-refractivity contribution is 0.486. The van der Waals surface area contributed by atoms with Gasteiger partial charge in [-0.25, -0.2) is 0 Å². The van der Waals surface area contributed by atoms with E-state index in [1.54, 1.807) is 0 Å². The number of nitrogens with zero attached hydrogens (tertiary/aromatic N) is 4. The minimum absolute atomic E-state index is 0. The van der Waals surface area contributed by atoms with Gasteiger partial charge in [-0.3, -0.25) is 9.67 Å². The molecule has 144 valence electrons. The van der Waals surface area contributed by atoms with Crippen LogP contribution in [0.1, 0.15) is 23.5 Å². The van der Waals surface area contributed by atoms with Gasteiger partial charge in [0.15, 0.2) is 5.96 Å².